The first-order valence-corrected chi connectivity index (χ1v) is 9.75. The Balaban J connectivity index is 0.00000341. The number of likely N-dealkylation sites (N-methyl/N-ethyl adjacent to an activating group) is 1. The molecule has 0 saturated carbocycles. The molecule has 0 saturated heterocycles. The van der Waals surface area contributed by atoms with Gasteiger partial charge in [-0.1, -0.05) is 0 Å². The number of hydrogen-bond donors (Lipinski definition) is 1. The third kappa shape index (κ3) is 6.63. The van der Waals surface area contributed by atoms with Crippen LogP contribution in [0.3, 0.4) is 0 Å². The number of methoxy groups -OCH3 is 1. The van der Waals surface area contributed by atoms with Crippen molar-refractivity contribution in [1.82, 2.24) is 9.97 Å². The lowest BCUT2D eigenvalue weighted by atomic mass is 10.0. The monoisotopic (exact) mass is 510 g/mol. The highest BCUT2D eigenvalue weighted by molar-refractivity contribution is 9.10. The van der Waals surface area contributed by atoms with Gasteiger partial charge in [-0.2, -0.15) is 13.5 Å². The van der Waals surface area contributed by atoms with Crippen LogP contribution in [0.15, 0.2) is 59.3 Å². The van der Waals surface area contributed by atoms with Crippen LogP contribution in [0.5, 0.6) is 5.75 Å². The summed E-state index contributed by atoms with van der Waals surface area (Å²) in [7, 11) is 3.17. The molecular formula is C21H21BrF2N4O2S. The molecule has 10 heteroatoms. The molecule has 1 heterocycles. The molecule has 0 fully saturated rings. The van der Waals surface area contributed by atoms with Gasteiger partial charge in [-0.15, -0.1) is 0 Å². The summed E-state index contributed by atoms with van der Waals surface area (Å²) in [5.41, 5.74) is 0.966. The third-order valence-corrected chi connectivity index (χ3v) is 4.78. The van der Waals surface area contributed by atoms with Crippen molar-refractivity contribution in [2.24, 2.45) is 0 Å². The van der Waals surface area contributed by atoms with Crippen LogP contribution in [0.1, 0.15) is 5.56 Å². The number of anilines is 2. The highest BCUT2D eigenvalue weighted by atomic mass is 79.9. The van der Waals surface area contributed by atoms with Crippen LogP contribution in [-0.4, -0.2) is 36.1 Å². The second-order valence-corrected chi connectivity index (χ2v) is 7.41. The van der Waals surface area contributed by atoms with Crippen molar-refractivity contribution in [2.75, 3.05) is 24.4 Å². The molecule has 3 aromatic rings. The number of amides is 1. The zero-order valence-electron chi connectivity index (χ0n) is 16.8. The molecule has 1 atom stereocenters. The summed E-state index contributed by atoms with van der Waals surface area (Å²) >= 11 is 3.25. The molecule has 3 rings (SSSR count). The molecule has 0 unspecified atom stereocenters. The summed E-state index contributed by atoms with van der Waals surface area (Å²) < 4.78 is 33.1. The first kappa shape index (κ1) is 24.5. The largest absolute Gasteiger partial charge is 0.497 e. The number of ether oxygens (including phenoxy) is 1. The standard InChI is InChI=1S/C21H19BrF2N4O2.H2S/c1-28(17-3-5-18(30-2)6-4-17)20(29)19(27-21-25-11-14(22)12-26-21)9-13-7-15(23)10-16(24)8-13;/h3-8,10-12,19H,9H2,1-2H3,(H,25,26,27);1H2/t19-;/m0./s1. The number of nitrogens with one attached hydrogen (secondary N) is 1. The fourth-order valence-corrected chi connectivity index (χ4v) is 3.08. The first-order valence-electron chi connectivity index (χ1n) is 8.96. The highest BCUT2D eigenvalue weighted by Crippen LogP contribution is 2.21. The first-order chi connectivity index (χ1) is 14.4. The molecule has 6 nitrogen and oxygen atoms in total. The Morgan fingerprint density at radius 1 is 1.13 bits per heavy atom. The van der Waals surface area contributed by atoms with Crippen LogP contribution in [0.4, 0.5) is 20.4 Å². The summed E-state index contributed by atoms with van der Waals surface area (Å²) in [5.74, 6) is -0.861. The molecule has 0 radical (unpaired) electrons. The van der Waals surface area contributed by atoms with Crippen LogP contribution < -0.4 is 15.0 Å². The Hall–Kier alpha value is -2.72. The van der Waals surface area contributed by atoms with E-state index in [0.717, 1.165) is 6.07 Å². The van der Waals surface area contributed by atoms with Gasteiger partial charge in [0.2, 0.25) is 11.9 Å². The minimum Gasteiger partial charge on any atom is -0.497 e. The van der Waals surface area contributed by atoms with Gasteiger partial charge in [0.05, 0.1) is 11.6 Å². The van der Waals surface area contributed by atoms with Gasteiger partial charge in [-0.05, 0) is 57.9 Å². The molecule has 2 aromatic carbocycles. The van der Waals surface area contributed by atoms with Crippen LogP contribution in [-0.2, 0) is 11.2 Å². The van der Waals surface area contributed by atoms with Crippen LogP contribution in [0.25, 0.3) is 0 Å². The van der Waals surface area contributed by atoms with Gasteiger partial charge in [0.25, 0.3) is 0 Å². The SMILES string of the molecule is COc1ccc(N(C)C(=O)[C@H](Cc2cc(F)cc(F)c2)Nc2ncc(Br)cn2)cc1.S. The zero-order chi connectivity index (χ0) is 21.7. The molecule has 0 bridgehead atoms. The van der Waals surface area contributed by atoms with E-state index in [2.05, 4.69) is 31.2 Å². The molecule has 0 spiro atoms. The molecule has 0 aliphatic heterocycles. The van der Waals surface area contributed by atoms with Crippen molar-refractivity contribution >= 4 is 47.0 Å². The van der Waals surface area contributed by atoms with Crippen molar-refractivity contribution in [3.05, 3.63) is 76.5 Å². The quantitative estimate of drug-likeness (QED) is 0.512. The zero-order valence-corrected chi connectivity index (χ0v) is 19.4. The topological polar surface area (TPSA) is 67.3 Å². The average Bonchev–Trinajstić information content (AvgIpc) is 2.73. The molecule has 1 aromatic heterocycles. The van der Waals surface area contributed by atoms with Crippen LogP contribution >= 0.6 is 29.4 Å². The van der Waals surface area contributed by atoms with E-state index in [1.165, 1.54) is 29.4 Å². The van der Waals surface area contributed by atoms with Gasteiger partial charge in [-0.3, -0.25) is 4.79 Å². The summed E-state index contributed by atoms with van der Waals surface area (Å²) in [4.78, 5) is 22.9. The predicted molar refractivity (Wildman–Crippen MR) is 124 cm³/mol. The second-order valence-electron chi connectivity index (χ2n) is 6.50. The molecule has 0 aliphatic carbocycles. The fourth-order valence-electron chi connectivity index (χ4n) is 2.87. The third-order valence-electron chi connectivity index (χ3n) is 4.37. The lowest BCUT2D eigenvalue weighted by Gasteiger charge is -2.25. The highest BCUT2D eigenvalue weighted by Gasteiger charge is 2.25. The number of carbonyl (C=O) groups is 1. The smallest absolute Gasteiger partial charge is 0.249 e. The maximum Gasteiger partial charge on any atom is 0.249 e. The van der Waals surface area contributed by atoms with Gasteiger partial charge < -0.3 is 15.0 Å². The normalized spacial score (nSPS) is 11.3. The number of nitrogens with zero attached hydrogens (tertiary/aromatic N) is 3. The summed E-state index contributed by atoms with van der Waals surface area (Å²) in [6.07, 6.45) is 3.10. The van der Waals surface area contributed by atoms with Crippen LogP contribution in [0, 0.1) is 11.6 Å². The minimum atomic E-state index is -0.862. The molecule has 1 amide bonds. The van der Waals surface area contributed by atoms with E-state index < -0.39 is 17.7 Å². The number of rotatable bonds is 7. The maximum absolute atomic E-state index is 13.6. The predicted octanol–water partition coefficient (Wildman–Crippen LogP) is 4.32. The Morgan fingerprint density at radius 2 is 1.71 bits per heavy atom. The van der Waals surface area contributed by atoms with E-state index in [1.54, 1.807) is 38.4 Å². The Labute approximate surface area is 194 Å². The van der Waals surface area contributed by atoms with Gasteiger partial charge in [0.1, 0.15) is 23.4 Å². The van der Waals surface area contributed by atoms with Gasteiger partial charge >= 0.3 is 0 Å². The lowest BCUT2D eigenvalue weighted by Crippen LogP contribution is -2.42. The van der Waals surface area contributed by atoms with E-state index in [-0.39, 0.29) is 31.8 Å². The van der Waals surface area contributed by atoms with E-state index in [0.29, 0.717) is 21.5 Å². The lowest BCUT2D eigenvalue weighted by molar-refractivity contribution is -0.119. The number of benzene rings is 2. The van der Waals surface area contributed by atoms with Crippen LogP contribution in [0.2, 0.25) is 0 Å². The maximum atomic E-state index is 13.6. The number of hydrogen-bond acceptors (Lipinski definition) is 5. The van der Waals surface area contributed by atoms with E-state index in [1.807, 2.05) is 0 Å². The number of carbonyl (C=O) groups excluding carboxylic acids is 1. The Kier molecular flexibility index (Phi) is 8.76. The summed E-state index contributed by atoms with van der Waals surface area (Å²) in [5, 5.41) is 2.96. The molecular weight excluding hydrogens is 490 g/mol. The van der Waals surface area contributed by atoms with Crippen molar-refractivity contribution in [3.63, 3.8) is 0 Å². The Morgan fingerprint density at radius 3 is 2.26 bits per heavy atom. The van der Waals surface area contributed by atoms with Gasteiger partial charge in [0.15, 0.2) is 0 Å². The number of aromatic nitrogens is 2. The van der Waals surface area contributed by atoms with Crippen molar-refractivity contribution in [3.8, 4) is 5.75 Å². The molecule has 31 heavy (non-hydrogen) atoms. The fraction of sp³-hybridized carbons (Fsp3) is 0.190. The van der Waals surface area contributed by atoms with E-state index >= 15 is 0 Å². The van der Waals surface area contributed by atoms with E-state index in [9.17, 15) is 13.6 Å². The van der Waals surface area contributed by atoms with Crippen molar-refractivity contribution in [2.45, 2.75) is 12.5 Å². The Bertz CT molecular complexity index is 1000. The summed E-state index contributed by atoms with van der Waals surface area (Å²) in [6.45, 7) is 0. The van der Waals surface area contributed by atoms with Gasteiger partial charge in [0, 0.05) is 37.6 Å². The average molecular weight is 511 g/mol. The van der Waals surface area contributed by atoms with Crippen molar-refractivity contribution < 1.29 is 18.3 Å². The second kappa shape index (κ2) is 11.1. The summed E-state index contributed by atoms with van der Waals surface area (Å²) in [6, 6.07) is 9.27. The van der Waals surface area contributed by atoms with E-state index in [4.69, 9.17) is 4.74 Å². The molecule has 1 N–H and O–H groups in total. The molecule has 164 valence electrons. The minimum absolute atomic E-state index is 0. The van der Waals surface area contributed by atoms with Gasteiger partial charge in [-0.25, -0.2) is 18.7 Å². The van der Waals surface area contributed by atoms with Crippen molar-refractivity contribution in [1.29, 1.82) is 0 Å². The molecule has 0 aliphatic rings. The number of halogens is 3.